The van der Waals surface area contributed by atoms with Crippen LogP contribution in [0.15, 0.2) is 29.2 Å². The fourth-order valence-corrected chi connectivity index (χ4v) is 4.29. The van der Waals surface area contributed by atoms with Crippen LogP contribution in [0.3, 0.4) is 0 Å². The van der Waals surface area contributed by atoms with Gasteiger partial charge in [0.1, 0.15) is 0 Å². The Morgan fingerprint density at radius 3 is 2.61 bits per heavy atom. The second kappa shape index (κ2) is 8.45. The lowest BCUT2D eigenvalue weighted by atomic mass is 10.2. The molecule has 1 amide bonds. The van der Waals surface area contributed by atoms with Crippen LogP contribution < -0.4 is 5.32 Å². The Kier molecular flexibility index (Phi) is 6.59. The van der Waals surface area contributed by atoms with Gasteiger partial charge in [0.2, 0.25) is 10.0 Å². The van der Waals surface area contributed by atoms with Gasteiger partial charge in [-0.05, 0) is 37.5 Å². The monoisotopic (exact) mass is 338 g/mol. The van der Waals surface area contributed by atoms with Gasteiger partial charge in [0.05, 0.1) is 4.90 Å². The minimum atomic E-state index is -3.47. The molecule has 128 valence electrons. The number of rotatable bonds is 8. The van der Waals surface area contributed by atoms with Crippen molar-refractivity contribution < 1.29 is 13.2 Å². The van der Waals surface area contributed by atoms with Crippen molar-refractivity contribution in [3.05, 3.63) is 29.8 Å². The van der Waals surface area contributed by atoms with E-state index in [1.807, 2.05) is 0 Å². The van der Waals surface area contributed by atoms with Crippen molar-refractivity contribution >= 4 is 15.9 Å². The van der Waals surface area contributed by atoms with Crippen LogP contribution in [-0.4, -0.2) is 38.3 Å². The van der Waals surface area contributed by atoms with E-state index in [-0.39, 0.29) is 10.8 Å². The van der Waals surface area contributed by atoms with E-state index in [1.54, 1.807) is 18.2 Å². The number of hydrogen-bond donors (Lipinski definition) is 1. The lowest BCUT2D eigenvalue weighted by Gasteiger charge is -2.16. The van der Waals surface area contributed by atoms with E-state index in [1.165, 1.54) is 16.8 Å². The molecular weight excluding hydrogens is 312 g/mol. The van der Waals surface area contributed by atoms with Crippen LogP contribution in [0, 0.1) is 0 Å². The fourth-order valence-electron chi connectivity index (χ4n) is 2.73. The molecule has 0 spiro atoms. The highest BCUT2D eigenvalue weighted by atomic mass is 32.2. The molecule has 1 fully saturated rings. The van der Waals surface area contributed by atoms with E-state index in [2.05, 4.69) is 12.2 Å². The third kappa shape index (κ3) is 4.78. The summed E-state index contributed by atoms with van der Waals surface area (Å²) in [6.45, 7) is 3.90. The summed E-state index contributed by atoms with van der Waals surface area (Å²) in [6, 6.07) is 6.33. The number of carbonyl (C=O) groups excluding carboxylic acids is 1. The molecular formula is C17H26N2O3S. The molecule has 0 bridgehead atoms. The molecule has 0 unspecified atom stereocenters. The maximum absolute atomic E-state index is 12.5. The number of carbonyl (C=O) groups is 1. The number of amides is 1. The summed E-state index contributed by atoms with van der Waals surface area (Å²) in [7, 11) is -3.47. The fraction of sp³-hybridized carbons (Fsp3) is 0.588. The smallest absolute Gasteiger partial charge is 0.251 e. The molecule has 1 saturated heterocycles. The predicted molar refractivity (Wildman–Crippen MR) is 90.9 cm³/mol. The Hall–Kier alpha value is -1.40. The van der Waals surface area contributed by atoms with E-state index in [4.69, 9.17) is 0 Å². The molecule has 1 aliphatic rings. The molecule has 1 heterocycles. The topological polar surface area (TPSA) is 66.5 Å². The maximum atomic E-state index is 12.5. The molecule has 5 nitrogen and oxygen atoms in total. The normalized spacial score (nSPS) is 15.7. The summed E-state index contributed by atoms with van der Waals surface area (Å²) < 4.78 is 26.6. The average molecular weight is 338 g/mol. The minimum Gasteiger partial charge on any atom is -0.352 e. The first kappa shape index (κ1) is 17.9. The molecule has 0 atom stereocenters. The van der Waals surface area contributed by atoms with E-state index < -0.39 is 10.0 Å². The standard InChI is InChI=1S/C17H26N2O3S/c1-2-3-4-5-11-18-17(20)15-9-8-10-16(14-15)23(21,22)19-12-6-7-13-19/h8-10,14H,2-7,11-13H2,1H3,(H,18,20). The van der Waals surface area contributed by atoms with Crippen LogP contribution in [-0.2, 0) is 10.0 Å². The van der Waals surface area contributed by atoms with Gasteiger partial charge in [-0.1, -0.05) is 32.3 Å². The summed E-state index contributed by atoms with van der Waals surface area (Å²) in [5.74, 6) is -0.208. The van der Waals surface area contributed by atoms with E-state index in [0.717, 1.165) is 32.1 Å². The molecule has 1 aromatic carbocycles. The average Bonchev–Trinajstić information content (AvgIpc) is 3.10. The third-order valence-corrected chi connectivity index (χ3v) is 6.01. The second-order valence-corrected chi connectivity index (χ2v) is 7.89. The van der Waals surface area contributed by atoms with Gasteiger partial charge in [0.15, 0.2) is 0 Å². The number of hydrogen-bond acceptors (Lipinski definition) is 3. The van der Waals surface area contributed by atoms with Crippen LogP contribution in [0.4, 0.5) is 0 Å². The van der Waals surface area contributed by atoms with Crippen molar-refractivity contribution in [2.75, 3.05) is 19.6 Å². The SMILES string of the molecule is CCCCCCNC(=O)c1cccc(S(=O)(=O)N2CCCC2)c1. The molecule has 1 aromatic rings. The molecule has 0 radical (unpaired) electrons. The molecule has 2 rings (SSSR count). The van der Waals surface area contributed by atoms with Crippen molar-refractivity contribution in [1.82, 2.24) is 9.62 Å². The van der Waals surface area contributed by atoms with Crippen LogP contribution in [0.2, 0.25) is 0 Å². The highest BCUT2D eigenvalue weighted by Gasteiger charge is 2.27. The first-order valence-electron chi connectivity index (χ1n) is 8.44. The highest BCUT2D eigenvalue weighted by molar-refractivity contribution is 7.89. The van der Waals surface area contributed by atoms with Gasteiger partial charge < -0.3 is 5.32 Å². The predicted octanol–water partition coefficient (Wildman–Crippen LogP) is 2.78. The van der Waals surface area contributed by atoms with Crippen LogP contribution in [0.5, 0.6) is 0 Å². The number of unbranched alkanes of at least 4 members (excludes halogenated alkanes) is 3. The van der Waals surface area contributed by atoms with Gasteiger partial charge >= 0.3 is 0 Å². The van der Waals surface area contributed by atoms with E-state index >= 15 is 0 Å². The largest absolute Gasteiger partial charge is 0.352 e. The van der Waals surface area contributed by atoms with Gasteiger partial charge in [0.25, 0.3) is 5.91 Å². The molecule has 6 heteroatoms. The van der Waals surface area contributed by atoms with Gasteiger partial charge in [0, 0.05) is 25.2 Å². The van der Waals surface area contributed by atoms with Crippen LogP contribution >= 0.6 is 0 Å². The summed E-state index contributed by atoms with van der Waals surface area (Å²) in [5.41, 5.74) is 0.403. The Bertz CT molecular complexity index is 622. The van der Waals surface area contributed by atoms with Gasteiger partial charge in [-0.2, -0.15) is 4.31 Å². The molecule has 23 heavy (non-hydrogen) atoms. The van der Waals surface area contributed by atoms with Crippen LogP contribution in [0.25, 0.3) is 0 Å². The zero-order valence-corrected chi connectivity index (χ0v) is 14.6. The zero-order valence-electron chi connectivity index (χ0n) is 13.8. The summed E-state index contributed by atoms with van der Waals surface area (Å²) in [5, 5.41) is 2.86. The van der Waals surface area contributed by atoms with Crippen molar-refractivity contribution in [3.63, 3.8) is 0 Å². The van der Waals surface area contributed by atoms with Crippen molar-refractivity contribution in [1.29, 1.82) is 0 Å². The van der Waals surface area contributed by atoms with Gasteiger partial charge in [-0.15, -0.1) is 0 Å². The lowest BCUT2D eigenvalue weighted by Crippen LogP contribution is -2.28. The molecule has 0 aliphatic carbocycles. The molecule has 1 aliphatic heterocycles. The Labute approximate surface area is 139 Å². The number of sulfonamides is 1. The number of nitrogens with zero attached hydrogens (tertiary/aromatic N) is 1. The maximum Gasteiger partial charge on any atom is 0.251 e. The minimum absolute atomic E-state index is 0.207. The first-order chi connectivity index (χ1) is 11.1. The van der Waals surface area contributed by atoms with Gasteiger partial charge in [-0.3, -0.25) is 4.79 Å². The summed E-state index contributed by atoms with van der Waals surface area (Å²) in [6.07, 6.45) is 6.17. The molecule has 0 saturated carbocycles. The summed E-state index contributed by atoms with van der Waals surface area (Å²) >= 11 is 0. The lowest BCUT2D eigenvalue weighted by molar-refractivity contribution is 0.0952. The Morgan fingerprint density at radius 1 is 1.17 bits per heavy atom. The summed E-state index contributed by atoms with van der Waals surface area (Å²) in [4.78, 5) is 12.4. The first-order valence-corrected chi connectivity index (χ1v) is 9.88. The molecule has 0 aromatic heterocycles. The van der Waals surface area contributed by atoms with E-state index in [9.17, 15) is 13.2 Å². The van der Waals surface area contributed by atoms with Gasteiger partial charge in [-0.25, -0.2) is 8.42 Å². The van der Waals surface area contributed by atoms with Crippen molar-refractivity contribution in [3.8, 4) is 0 Å². The number of benzene rings is 1. The Morgan fingerprint density at radius 2 is 1.91 bits per heavy atom. The zero-order chi connectivity index (χ0) is 16.7. The Balaban J connectivity index is 2.00. The molecule has 1 N–H and O–H groups in total. The second-order valence-electron chi connectivity index (χ2n) is 5.96. The van der Waals surface area contributed by atoms with Crippen molar-refractivity contribution in [2.24, 2.45) is 0 Å². The highest BCUT2D eigenvalue weighted by Crippen LogP contribution is 2.21. The quantitative estimate of drug-likeness (QED) is 0.741. The third-order valence-electron chi connectivity index (χ3n) is 4.11. The van der Waals surface area contributed by atoms with Crippen molar-refractivity contribution in [2.45, 2.75) is 50.3 Å². The van der Waals surface area contributed by atoms with Crippen LogP contribution in [0.1, 0.15) is 55.8 Å². The number of nitrogens with one attached hydrogen (secondary N) is 1. The van der Waals surface area contributed by atoms with E-state index in [0.29, 0.717) is 25.2 Å².